The Balaban J connectivity index is 2.35. The molecule has 1 atom stereocenters. The molecule has 3 rings (SSSR count). The molecule has 0 saturated heterocycles. The molecule has 1 heterocycles. The maximum Gasteiger partial charge on any atom is 0.279 e. The second-order valence-electron chi connectivity index (χ2n) is 6.79. The van der Waals surface area contributed by atoms with Gasteiger partial charge in [0, 0.05) is 35.2 Å². The minimum absolute atomic E-state index is 0.0185. The molecule has 0 amide bonds. The van der Waals surface area contributed by atoms with Crippen LogP contribution in [0.3, 0.4) is 0 Å². The predicted octanol–water partition coefficient (Wildman–Crippen LogP) is 3.07. The number of aromatic nitrogens is 1. The quantitative estimate of drug-likeness (QED) is 0.225. The summed E-state index contributed by atoms with van der Waals surface area (Å²) in [6, 6.07) is 12.1. The van der Waals surface area contributed by atoms with Gasteiger partial charge < -0.3 is 0 Å². The van der Waals surface area contributed by atoms with Crippen LogP contribution in [0.25, 0.3) is 10.9 Å². The first kappa shape index (κ1) is 22.2. The van der Waals surface area contributed by atoms with Crippen LogP contribution in [0.2, 0.25) is 0 Å². The van der Waals surface area contributed by atoms with E-state index >= 15 is 0 Å². The third-order valence-electron chi connectivity index (χ3n) is 5.05. The second kappa shape index (κ2) is 8.74. The fourth-order valence-corrected chi connectivity index (χ4v) is 4.47. The lowest BCUT2D eigenvalue weighted by atomic mass is 9.99. The van der Waals surface area contributed by atoms with E-state index in [-0.39, 0.29) is 17.5 Å². The number of hydrogen-bond acceptors (Lipinski definition) is 7. The van der Waals surface area contributed by atoms with Crippen molar-refractivity contribution in [3.05, 3.63) is 86.1 Å². The van der Waals surface area contributed by atoms with E-state index in [9.17, 15) is 28.6 Å². The van der Waals surface area contributed by atoms with Crippen molar-refractivity contribution in [2.24, 2.45) is 0 Å². The Morgan fingerprint density at radius 3 is 2.16 bits per heavy atom. The summed E-state index contributed by atoms with van der Waals surface area (Å²) in [5.41, 5.74) is -0.0847. The molecule has 0 saturated carbocycles. The van der Waals surface area contributed by atoms with Crippen LogP contribution in [-0.2, 0) is 20.7 Å². The van der Waals surface area contributed by atoms with E-state index in [2.05, 4.69) is 4.18 Å². The molecule has 2 aromatic carbocycles. The van der Waals surface area contributed by atoms with E-state index in [0.29, 0.717) is 5.52 Å². The highest BCUT2D eigenvalue weighted by atomic mass is 32.2. The largest absolute Gasteiger partial charge is 0.279 e. The van der Waals surface area contributed by atoms with E-state index in [1.807, 2.05) is 18.2 Å². The van der Waals surface area contributed by atoms with Crippen LogP contribution in [-0.4, -0.2) is 31.1 Å². The zero-order valence-corrected chi connectivity index (χ0v) is 17.6. The number of para-hydroxylation sites is 1. The van der Waals surface area contributed by atoms with Gasteiger partial charge in [-0.15, -0.1) is 0 Å². The van der Waals surface area contributed by atoms with Gasteiger partial charge in [-0.05, 0) is 18.6 Å². The molecule has 0 aliphatic carbocycles. The Morgan fingerprint density at radius 2 is 1.61 bits per heavy atom. The third kappa shape index (κ3) is 4.52. The molecular formula is C20H20N3O7S+. The SMILES string of the molecule is CCc1c([N+](=O)[O-])cc(C(CS(=O)(=O)OC)[n+]2cccc3ccccc32)cc1[N+](=O)[O-]. The zero-order chi connectivity index (χ0) is 22.8. The number of hydrogen-bond donors (Lipinski definition) is 0. The third-order valence-corrected chi connectivity index (χ3v) is 6.28. The van der Waals surface area contributed by atoms with Crippen LogP contribution >= 0.6 is 0 Å². The normalized spacial score (nSPS) is 12.6. The Morgan fingerprint density at radius 1 is 1.03 bits per heavy atom. The molecule has 11 heteroatoms. The molecule has 1 aromatic heterocycles. The molecule has 10 nitrogen and oxygen atoms in total. The van der Waals surface area contributed by atoms with Crippen molar-refractivity contribution in [1.82, 2.24) is 0 Å². The number of nitro benzene ring substituents is 2. The summed E-state index contributed by atoms with van der Waals surface area (Å²) in [5.74, 6) is -0.568. The van der Waals surface area contributed by atoms with Gasteiger partial charge in [0.25, 0.3) is 21.5 Å². The predicted molar refractivity (Wildman–Crippen MR) is 112 cm³/mol. The van der Waals surface area contributed by atoms with Crippen molar-refractivity contribution >= 4 is 32.4 Å². The maximum atomic E-state index is 12.3. The first-order valence-corrected chi connectivity index (χ1v) is 10.9. The van der Waals surface area contributed by atoms with Gasteiger partial charge in [-0.25, -0.2) is 0 Å². The highest BCUT2D eigenvalue weighted by molar-refractivity contribution is 7.86. The van der Waals surface area contributed by atoms with Crippen LogP contribution in [0.1, 0.15) is 24.1 Å². The first-order valence-electron chi connectivity index (χ1n) is 9.31. The Bertz CT molecular complexity index is 1230. The first-order chi connectivity index (χ1) is 14.7. The van der Waals surface area contributed by atoms with E-state index in [1.165, 1.54) is 12.1 Å². The van der Waals surface area contributed by atoms with Gasteiger partial charge >= 0.3 is 0 Å². The lowest BCUT2D eigenvalue weighted by molar-refractivity contribution is -0.684. The van der Waals surface area contributed by atoms with Gasteiger partial charge in [-0.2, -0.15) is 13.0 Å². The minimum Gasteiger partial charge on any atom is -0.273 e. The molecule has 0 N–H and O–H groups in total. The van der Waals surface area contributed by atoms with Crippen LogP contribution < -0.4 is 4.57 Å². The van der Waals surface area contributed by atoms with Crippen LogP contribution in [0.5, 0.6) is 0 Å². The van der Waals surface area contributed by atoms with Crippen LogP contribution in [0.4, 0.5) is 11.4 Å². The highest BCUT2D eigenvalue weighted by Crippen LogP contribution is 2.34. The van der Waals surface area contributed by atoms with E-state index < -0.39 is 43.1 Å². The monoisotopic (exact) mass is 446 g/mol. The van der Waals surface area contributed by atoms with Gasteiger partial charge in [0.1, 0.15) is 11.3 Å². The molecule has 162 valence electrons. The number of rotatable bonds is 8. The van der Waals surface area contributed by atoms with Gasteiger partial charge in [-0.1, -0.05) is 19.1 Å². The van der Waals surface area contributed by atoms with Crippen molar-refractivity contribution in [3.8, 4) is 0 Å². The highest BCUT2D eigenvalue weighted by Gasteiger charge is 2.35. The lowest BCUT2D eigenvalue weighted by Gasteiger charge is -2.15. The standard InChI is InChI=1S/C20H20N3O7S/c1-3-16-18(22(24)25)11-15(12-19(16)23(26)27)20(13-31(28,29)30-2)21-10-6-8-14-7-4-5-9-17(14)21/h4-12,20H,3,13H2,1-2H3/q+1. The minimum atomic E-state index is -4.03. The van der Waals surface area contributed by atoms with Crippen molar-refractivity contribution in [1.29, 1.82) is 0 Å². The molecule has 0 aliphatic heterocycles. The van der Waals surface area contributed by atoms with Gasteiger partial charge in [0.2, 0.25) is 11.6 Å². The smallest absolute Gasteiger partial charge is 0.273 e. The topological polar surface area (TPSA) is 134 Å². The fraction of sp³-hybridized carbons (Fsp3) is 0.250. The Labute approximate surface area is 178 Å². The number of fused-ring (bicyclic) bond motifs is 1. The molecular weight excluding hydrogens is 426 g/mol. The summed E-state index contributed by atoms with van der Waals surface area (Å²) < 4.78 is 30.9. The van der Waals surface area contributed by atoms with Crippen molar-refractivity contribution in [2.75, 3.05) is 12.9 Å². The summed E-state index contributed by atoms with van der Waals surface area (Å²) in [6.07, 6.45) is 1.71. The van der Waals surface area contributed by atoms with E-state index in [4.69, 9.17) is 0 Å². The molecule has 1 unspecified atom stereocenters. The Hall–Kier alpha value is -3.44. The van der Waals surface area contributed by atoms with E-state index in [0.717, 1.165) is 12.5 Å². The number of nitro groups is 2. The molecule has 0 bridgehead atoms. The average molecular weight is 446 g/mol. The van der Waals surface area contributed by atoms with Crippen molar-refractivity contribution in [3.63, 3.8) is 0 Å². The number of pyridine rings is 1. The number of benzene rings is 2. The molecule has 0 aliphatic rings. The van der Waals surface area contributed by atoms with Crippen molar-refractivity contribution < 1.29 is 27.0 Å². The summed E-state index contributed by atoms with van der Waals surface area (Å²) in [5, 5.41) is 24.1. The van der Waals surface area contributed by atoms with Crippen molar-refractivity contribution in [2.45, 2.75) is 19.4 Å². The maximum absolute atomic E-state index is 12.3. The van der Waals surface area contributed by atoms with Gasteiger partial charge in [-0.3, -0.25) is 24.4 Å². The average Bonchev–Trinajstić information content (AvgIpc) is 2.76. The molecule has 0 spiro atoms. The zero-order valence-electron chi connectivity index (χ0n) is 16.8. The fourth-order valence-electron chi connectivity index (χ4n) is 3.60. The molecule has 31 heavy (non-hydrogen) atoms. The summed E-state index contributed by atoms with van der Waals surface area (Å²) in [4.78, 5) is 21.9. The molecule has 3 aromatic rings. The van der Waals surface area contributed by atoms with Gasteiger partial charge in [0.15, 0.2) is 6.20 Å². The van der Waals surface area contributed by atoms with Crippen LogP contribution in [0, 0.1) is 20.2 Å². The Kier molecular flexibility index (Phi) is 6.27. The molecule has 0 radical (unpaired) electrons. The van der Waals surface area contributed by atoms with Gasteiger partial charge in [0.05, 0.1) is 17.0 Å². The van der Waals surface area contributed by atoms with Crippen LogP contribution in [0.15, 0.2) is 54.7 Å². The summed E-state index contributed by atoms with van der Waals surface area (Å²) >= 11 is 0. The lowest BCUT2D eigenvalue weighted by Crippen LogP contribution is -2.44. The second-order valence-corrected chi connectivity index (χ2v) is 8.57. The summed E-state index contributed by atoms with van der Waals surface area (Å²) in [6.45, 7) is 1.58. The summed E-state index contributed by atoms with van der Waals surface area (Å²) in [7, 11) is -3.01. The number of nitrogens with zero attached hydrogens (tertiary/aromatic N) is 3. The molecule has 0 fully saturated rings. The van der Waals surface area contributed by atoms with E-state index in [1.54, 1.807) is 35.9 Å².